The Labute approximate surface area is 79.0 Å². The molecule has 0 amide bonds. The van der Waals surface area contributed by atoms with Gasteiger partial charge in [0.05, 0.1) is 19.8 Å². The molecule has 0 rings (SSSR count). The Hall–Kier alpha value is -0.210. The first-order chi connectivity index (χ1) is 6.04. The number of rotatable bonds is 5. The maximum absolute atomic E-state index is 10.4. The molecule has 0 unspecified atom stereocenters. The summed E-state index contributed by atoms with van der Waals surface area (Å²) in [6, 6.07) is 0. The van der Waals surface area contributed by atoms with Crippen molar-refractivity contribution in [3.63, 3.8) is 0 Å². The summed E-state index contributed by atoms with van der Waals surface area (Å²) in [4.78, 5) is 0. The van der Waals surface area contributed by atoms with E-state index in [0.29, 0.717) is 6.54 Å². The first-order valence-electron chi connectivity index (χ1n) is 3.88. The van der Waals surface area contributed by atoms with Gasteiger partial charge in [-0.1, -0.05) is 0 Å². The van der Waals surface area contributed by atoms with Gasteiger partial charge in [0.25, 0.3) is 0 Å². The number of nitrogens with two attached hydrogens (primary N) is 1. The summed E-state index contributed by atoms with van der Waals surface area (Å²) in [7, 11) is -3.68. The third-order valence-corrected chi connectivity index (χ3v) is 1.70. The van der Waals surface area contributed by atoms with E-state index in [2.05, 4.69) is 8.37 Å². The van der Waals surface area contributed by atoms with Gasteiger partial charge in [-0.15, -0.1) is 0 Å². The van der Waals surface area contributed by atoms with E-state index in [1.165, 1.54) is 0 Å². The van der Waals surface area contributed by atoms with Crippen molar-refractivity contribution in [1.82, 2.24) is 0 Å². The Morgan fingerprint density at radius 3 is 1.69 bits per heavy atom. The van der Waals surface area contributed by atoms with Crippen molar-refractivity contribution in [3.8, 4) is 0 Å². The molecule has 0 bridgehead atoms. The van der Waals surface area contributed by atoms with Crippen molar-refractivity contribution in [2.24, 2.45) is 5.73 Å². The molecule has 0 aromatic rings. The predicted molar refractivity (Wildman–Crippen MR) is 48.3 cm³/mol. The largest absolute Gasteiger partial charge is 0.399 e. The van der Waals surface area contributed by atoms with Crippen molar-refractivity contribution < 1.29 is 21.9 Å². The first-order valence-corrected chi connectivity index (χ1v) is 5.22. The van der Waals surface area contributed by atoms with Gasteiger partial charge < -0.3 is 10.8 Å². The van der Waals surface area contributed by atoms with Crippen molar-refractivity contribution >= 4 is 10.4 Å². The van der Waals surface area contributed by atoms with Crippen LogP contribution in [0.1, 0.15) is 13.8 Å². The molecule has 0 aliphatic carbocycles. The van der Waals surface area contributed by atoms with Gasteiger partial charge in [-0.2, -0.15) is 8.42 Å². The van der Waals surface area contributed by atoms with Gasteiger partial charge >= 0.3 is 10.4 Å². The van der Waals surface area contributed by atoms with Gasteiger partial charge in [0, 0.05) is 6.54 Å². The van der Waals surface area contributed by atoms with Crippen LogP contribution in [0.3, 0.4) is 0 Å². The normalized spacial score (nSPS) is 10.5. The maximum Gasteiger partial charge on any atom is 0.399 e. The van der Waals surface area contributed by atoms with Crippen LogP contribution in [0.15, 0.2) is 0 Å². The van der Waals surface area contributed by atoms with Crippen molar-refractivity contribution in [2.45, 2.75) is 13.8 Å². The van der Waals surface area contributed by atoms with E-state index >= 15 is 0 Å². The molecular formula is C6H17NO5S. The molecule has 3 N–H and O–H groups in total. The van der Waals surface area contributed by atoms with E-state index in [1.807, 2.05) is 0 Å². The molecule has 6 nitrogen and oxygen atoms in total. The van der Waals surface area contributed by atoms with Crippen molar-refractivity contribution in [2.75, 3.05) is 26.4 Å². The van der Waals surface area contributed by atoms with E-state index in [4.69, 9.17) is 10.8 Å². The van der Waals surface area contributed by atoms with Gasteiger partial charge in [-0.3, -0.25) is 0 Å². The third-order valence-electron chi connectivity index (χ3n) is 0.653. The average Bonchev–Trinajstić information content (AvgIpc) is 2.04. The van der Waals surface area contributed by atoms with Gasteiger partial charge in [-0.05, 0) is 13.8 Å². The van der Waals surface area contributed by atoms with Crippen LogP contribution >= 0.6 is 0 Å². The molecule has 0 saturated carbocycles. The highest BCUT2D eigenvalue weighted by Gasteiger charge is 2.06. The van der Waals surface area contributed by atoms with E-state index in [9.17, 15) is 8.42 Å². The van der Waals surface area contributed by atoms with Crippen LogP contribution in [0.5, 0.6) is 0 Å². The number of hydrogen-bond donors (Lipinski definition) is 2. The minimum Gasteiger partial charge on any atom is -0.395 e. The zero-order chi connectivity index (χ0) is 10.7. The van der Waals surface area contributed by atoms with Crippen molar-refractivity contribution in [3.05, 3.63) is 0 Å². The first kappa shape index (κ1) is 15.3. The summed E-state index contributed by atoms with van der Waals surface area (Å²) in [5, 5.41) is 7.75. The summed E-state index contributed by atoms with van der Waals surface area (Å²) in [6.45, 7) is 3.86. The maximum atomic E-state index is 10.4. The molecule has 0 aromatic carbocycles. The highest BCUT2D eigenvalue weighted by molar-refractivity contribution is 7.81. The lowest BCUT2D eigenvalue weighted by Crippen LogP contribution is -2.09. The molecule has 82 valence electrons. The van der Waals surface area contributed by atoms with Crippen LogP contribution in [-0.2, 0) is 18.8 Å². The summed E-state index contributed by atoms with van der Waals surface area (Å²) in [5.74, 6) is 0. The Bertz CT molecular complexity index is 165. The van der Waals surface area contributed by atoms with Gasteiger partial charge in [0.15, 0.2) is 0 Å². The molecule has 0 spiro atoms. The summed E-state index contributed by atoms with van der Waals surface area (Å²) in [5.41, 5.74) is 4.78. The summed E-state index contributed by atoms with van der Waals surface area (Å²) in [6.07, 6.45) is 0. The van der Waals surface area contributed by atoms with Gasteiger partial charge in [-0.25, -0.2) is 8.37 Å². The second kappa shape index (κ2) is 9.87. The predicted octanol–water partition coefficient (Wildman–Crippen LogP) is -0.758. The van der Waals surface area contributed by atoms with Crippen LogP contribution in [-0.4, -0.2) is 39.9 Å². The lowest BCUT2D eigenvalue weighted by Gasteiger charge is -1.99. The van der Waals surface area contributed by atoms with E-state index in [0.717, 1.165) is 0 Å². The minimum atomic E-state index is -3.68. The highest BCUT2D eigenvalue weighted by atomic mass is 32.3. The molecule has 0 saturated heterocycles. The molecule has 0 aliphatic rings. The number of hydrogen-bond acceptors (Lipinski definition) is 6. The standard InChI is InChI=1S/C4H10O4S.C2H7NO/c1-3-7-9(5,6)8-4-2;3-1-2-4/h3-4H2,1-2H3;4H,1-3H2. The Balaban J connectivity index is 0. The summed E-state index contributed by atoms with van der Waals surface area (Å²) < 4.78 is 29.2. The van der Waals surface area contributed by atoms with E-state index < -0.39 is 10.4 Å². The SMILES string of the molecule is CCOS(=O)(=O)OCC.NCCO. The van der Waals surface area contributed by atoms with Crippen LogP contribution in [0.25, 0.3) is 0 Å². The van der Waals surface area contributed by atoms with Crippen LogP contribution in [0.4, 0.5) is 0 Å². The molecule has 0 heterocycles. The quantitative estimate of drug-likeness (QED) is 0.625. The van der Waals surface area contributed by atoms with Crippen LogP contribution < -0.4 is 5.73 Å². The molecule has 7 heteroatoms. The highest BCUT2D eigenvalue weighted by Crippen LogP contribution is 1.93. The molecule has 0 aromatic heterocycles. The molecule has 0 fully saturated rings. The fraction of sp³-hybridized carbons (Fsp3) is 1.00. The topological polar surface area (TPSA) is 98.9 Å². The van der Waals surface area contributed by atoms with Gasteiger partial charge in [0.2, 0.25) is 0 Å². The molecular weight excluding hydrogens is 198 g/mol. The fourth-order valence-corrected chi connectivity index (χ4v) is 0.968. The Morgan fingerprint density at radius 1 is 1.23 bits per heavy atom. The monoisotopic (exact) mass is 215 g/mol. The Kier molecular flexibility index (Phi) is 11.6. The molecule has 0 radical (unpaired) electrons. The lowest BCUT2D eigenvalue weighted by molar-refractivity contribution is 0.231. The molecule has 0 atom stereocenters. The Morgan fingerprint density at radius 2 is 1.54 bits per heavy atom. The third kappa shape index (κ3) is 14.6. The van der Waals surface area contributed by atoms with Crippen LogP contribution in [0, 0.1) is 0 Å². The van der Waals surface area contributed by atoms with E-state index in [1.54, 1.807) is 13.8 Å². The second-order valence-electron chi connectivity index (χ2n) is 1.73. The summed E-state index contributed by atoms with van der Waals surface area (Å²) >= 11 is 0. The fourth-order valence-electron chi connectivity index (χ4n) is 0.323. The number of aliphatic hydroxyl groups is 1. The lowest BCUT2D eigenvalue weighted by atomic mass is 10.8. The van der Waals surface area contributed by atoms with Gasteiger partial charge in [0.1, 0.15) is 0 Å². The minimum absolute atomic E-state index is 0.0972. The molecule has 13 heavy (non-hydrogen) atoms. The van der Waals surface area contributed by atoms with E-state index in [-0.39, 0.29) is 19.8 Å². The molecule has 0 aliphatic heterocycles. The number of aliphatic hydroxyl groups excluding tert-OH is 1. The smallest absolute Gasteiger partial charge is 0.395 e. The average molecular weight is 215 g/mol. The second-order valence-corrected chi connectivity index (χ2v) is 3.02. The van der Waals surface area contributed by atoms with Crippen LogP contribution in [0.2, 0.25) is 0 Å². The zero-order valence-corrected chi connectivity index (χ0v) is 8.71. The zero-order valence-electron chi connectivity index (χ0n) is 7.89. The van der Waals surface area contributed by atoms with Crippen molar-refractivity contribution in [1.29, 1.82) is 0 Å².